The van der Waals surface area contributed by atoms with E-state index in [-0.39, 0.29) is 12.5 Å². The van der Waals surface area contributed by atoms with Crippen LogP contribution in [-0.2, 0) is 9.59 Å². The van der Waals surface area contributed by atoms with Gasteiger partial charge in [-0.25, -0.2) is 4.79 Å². The molecule has 1 rings (SSSR count). The summed E-state index contributed by atoms with van der Waals surface area (Å²) in [5.74, 6) is -1.21. The maximum Gasteiger partial charge on any atom is 0.336 e. The lowest BCUT2D eigenvalue weighted by Crippen LogP contribution is -2.49. The average Bonchev–Trinajstić information content (AvgIpc) is 2.19. The van der Waals surface area contributed by atoms with Gasteiger partial charge in [-0.1, -0.05) is 0 Å². The van der Waals surface area contributed by atoms with Crippen molar-refractivity contribution < 1.29 is 19.8 Å². The molecule has 0 saturated carbocycles. The van der Waals surface area contributed by atoms with E-state index < -0.39 is 11.6 Å². The summed E-state index contributed by atoms with van der Waals surface area (Å²) < 4.78 is 0. The molecule has 0 aromatic carbocycles. The molecular formula is C11H20N2O4. The number of rotatable bonds is 5. The number of hydrogen-bond donors (Lipinski definition) is 3. The lowest BCUT2D eigenvalue weighted by molar-refractivity contribution is -0.158. The van der Waals surface area contributed by atoms with E-state index in [0.29, 0.717) is 25.4 Å². The van der Waals surface area contributed by atoms with E-state index in [0.717, 1.165) is 12.8 Å². The number of hydrogen-bond acceptors (Lipinski definition) is 4. The number of β-amino-alcohol motifs (C(OH)–C–C–N with tert-alkyl or cyclic N) is 1. The third-order valence-electron chi connectivity index (χ3n) is 3.19. The predicted octanol–water partition coefficient (Wildman–Crippen LogP) is -0.591. The van der Waals surface area contributed by atoms with Gasteiger partial charge in [0.05, 0.1) is 0 Å². The van der Waals surface area contributed by atoms with E-state index in [2.05, 4.69) is 0 Å². The number of amides is 1. The second kappa shape index (κ2) is 5.46. The molecule has 6 nitrogen and oxygen atoms in total. The predicted molar refractivity (Wildman–Crippen MR) is 61.2 cm³/mol. The van der Waals surface area contributed by atoms with Gasteiger partial charge in [-0.15, -0.1) is 0 Å². The largest absolute Gasteiger partial charge is 0.479 e. The van der Waals surface area contributed by atoms with Crippen LogP contribution in [0.3, 0.4) is 0 Å². The number of nitrogens with two attached hydrogens (primary N) is 1. The SMILES string of the molecule is CC(O)(CN1CCC(CC(N)=O)CC1)C(=O)O. The third kappa shape index (κ3) is 4.32. The van der Waals surface area contributed by atoms with Crippen molar-refractivity contribution in [3.63, 3.8) is 0 Å². The maximum atomic E-state index is 10.8. The van der Waals surface area contributed by atoms with Crippen molar-refractivity contribution in [2.24, 2.45) is 11.7 Å². The minimum atomic E-state index is -1.71. The quantitative estimate of drug-likeness (QED) is 0.599. The molecule has 1 unspecified atom stereocenters. The van der Waals surface area contributed by atoms with Crippen LogP contribution in [-0.4, -0.2) is 52.2 Å². The van der Waals surface area contributed by atoms with Gasteiger partial charge in [0.25, 0.3) is 0 Å². The Kier molecular flexibility index (Phi) is 4.47. The number of carboxylic acid groups (broad SMARTS) is 1. The van der Waals surface area contributed by atoms with Crippen LogP contribution in [0, 0.1) is 5.92 Å². The molecule has 0 aliphatic carbocycles. The second-order valence-corrected chi connectivity index (χ2v) is 4.97. The van der Waals surface area contributed by atoms with Crippen LogP contribution in [0.2, 0.25) is 0 Å². The zero-order chi connectivity index (χ0) is 13.1. The number of piperidine rings is 1. The monoisotopic (exact) mass is 244 g/mol. The summed E-state index contributed by atoms with van der Waals surface area (Å²) in [7, 11) is 0. The lowest BCUT2D eigenvalue weighted by Gasteiger charge is -2.34. The number of nitrogens with zero attached hydrogens (tertiary/aromatic N) is 1. The topological polar surface area (TPSA) is 104 Å². The normalized spacial score (nSPS) is 22.0. The van der Waals surface area contributed by atoms with Crippen molar-refractivity contribution >= 4 is 11.9 Å². The van der Waals surface area contributed by atoms with Crippen molar-refractivity contribution in [1.82, 2.24) is 4.90 Å². The molecule has 4 N–H and O–H groups in total. The summed E-state index contributed by atoms with van der Waals surface area (Å²) in [6.45, 7) is 2.80. The summed E-state index contributed by atoms with van der Waals surface area (Å²) >= 11 is 0. The molecule has 0 radical (unpaired) electrons. The van der Waals surface area contributed by atoms with Crippen molar-refractivity contribution in [1.29, 1.82) is 0 Å². The Morgan fingerprint density at radius 2 is 1.94 bits per heavy atom. The molecule has 98 valence electrons. The molecule has 1 saturated heterocycles. The summed E-state index contributed by atoms with van der Waals surface area (Å²) in [6.07, 6.45) is 2.03. The Labute approximate surface area is 100 Å². The highest BCUT2D eigenvalue weighted by Crippen LogP contribution is 2.21. The average molecular weight is 244 g/mol. The zero-order valence-electron chi connectivity index (χ0n) is 10.1. The Hall–Kier alpha value is -1.14. The highest BCUT2D eigenvalue weighted by atomic mass is 16.4. The molecule has 1 aliphatic rings. The molecule has 0 aromatic heterocycles. The molecule has 1 aliphatic heterocycles. The number of likely N-dealkylation sites (tertiary alicyclic amines) is 1. The van der Waals surface area contributed by atoms with Gasteiger partial charge in [0, 0.05) is 13.0 Å². The van der Waals surface area contributed by atoms with Gasteiger partial charge in [-0.05, 0) is 38.8 Å². The van der Waals surface area contributed by atoms with Gasteiger partial charge in [0.1, 0.15) is 0 Å². The zero-order valence-corrected chi connectivity index (χ0v) is 10.1. The van der Waals surface area contributed by atoms with Crippen LogP contribution in [0.4, 0.5) is 0 Å². The van der Waals surface area contributed by atoms with Crippen molar-refractivity contribution in [2.45, 2.75) is 31.8 Å². The van der Waals surface area contributed by atoms with E-state index in [1.54, 1.807) is 0 Å². The summed E-state index contributed by atoms with van der Waals surface area (Å²) in [5, 5.41) is 18.4. The lowest BCUT2D eigenvalue weighted by atomic mass is 9.92. The molecule has 1 amide bonds. The van der Waals surface area contributed by atoms with Gasteiger partial charge >= 0.3 is 5.97 Å². The standard InChI is InChI=1S/C11H20N2O4/c1-11(17,10(15)16)7-13-4-2-8(3-5-13)6-9(12)14/h8,17H,2-7H2,1H3,(H2,12,14)(H,15,16). The van der Waals surface area contributed by atoms with Gasteiger partial charge in [0.2, 0.25) is 5.91 Å². The summed E-state index contributed by atoms with van der Waals surface area (Å²) in [4.78, 5) is 23.4. The van der Waals surface area contributed by atoms with E-state index in [1.807, 2.05) is 4.90 Å². The molecule has 0 aromatic rings. The first-order valence-electron chi connectivity index (χ1n) is 5.77. The highest BCUT2D eigenvalue weighted by Gasteiger charge is 2.33. The van der Waals surface area contributed by atoms with Crippen LogP contribution in [0.5, 0.6) is 0 Å². The fraction of sp³-hybridized carbons (Fsp3) is 0.818. The van der Waals surface area contributed by atoms with E-state index >= 15 is 0 Å². The van der Waals surface area contributed by atoms with Gasteiger partial charge in [0.15, 0.2) is 5.60 Å². The first-order chi connectivity index (χ1) is 7.81. The Bertz CT molecular complexity index is 296. The van der Waals surface area contributed by atoms with Crippen LogP contribution < -0.4 is 5.73 Å². The number of carbonyl (C=O) groups is 2. The maximum absolute atomic E-state index is 10.8. The molecular weight excluding hydrogens is 224 g/mol. The minimum absolute atomic E-state index is 0.117. The highest BCUT2D eigenvalue weighted by molar-refractivity contribution is 5.76. The van der Waals surface area contributed by atoms with Crippen LogP contribution in [0.15, 0.2) is 0 Å². The smallest absolute Gasteiger partial charge is 0.336 e. The number of aliphatic carboxylic acids is 1. The summed E-state index contributed by atoms with van der Waals surface area (Å²) in [6, 6.07) is 0. The Morgan fingerprint density at radius 1 is 1.41 bits per heavy atom. The van der Waals surface area contributed by atoms with E-state index in [4.69, 9.17) is 10.8 Å². The van der Waals surface area contributed by atoms with Crippen LogP contribution in [0.25, 0.3) is 0 Å². The molecule has 1 fully saturated rings. The fourth-order valence-electron chi connectivity index (χ4n) is 2.14. The minimum Gasteiger partial charge on any atom is -0.479 e. The third-order valence-corrected chi connectivity index (χ3v) is 3.19. The second-order valence-electron chi connectivity index (χ2n) is 4.97. The van der Waals surface area contributed by atoms with Crippen molar-refractivity contribution in [3.8, 4) is 0 Å². The number of primary amides is 1. The molecule has 0 spiro atoms. The van der Waals surface area contributed by atoms with Crippen molar-refractivity contribution in [2.75, 3.05) is 19.6 Å². The van der Waals surface area contributed by atoms with Crippen LogP contribution in [0.1, 0.15) is 26.2 Å². The fourth-order valence-corrected chi connectivity index (χ4v) is 2.14. The first kappa shape index (κ1) is 13.9. The summed E-state index contributed by atoms with van der Waals surface area (Å²) in [5.41, 5.74) is 3.42. The van der Waals surface area contributed by atoms with Gasteiger partial charge < -0.3 is 15.9 Å². The molecule has 0 bridgehead atoms. The Balaban J connectivity index is 2.37. The van der Waals surface area contributed by atoms with Crippen molar-refractivity contribution in [3.05, 3.63) is 0 Å². The van der Waals surface area contributed by atoms with E-state index in [9.17, 15) is 14.7 Å². The Morgan fingerprint density at radius 3 is 2.35 bits per heavy atom. The molecule has 1 atom stereocenters. The van der Waals surface area contributed by atoms with Crippen LogP contribution >= 0.6 is 0 Å². The van der Waals surface area contributed by atoms with E-state index in [1.165, 1.54) is 6.92 Å². The molecule has 6 heteroatoms. The molecule has 1 heterocycles. The van der Waals surface area contributed by atoms with Gasteiger partial charge in [-0.3, -0.25) is 9.69 Å². The number of carboxylic acids is 1. The van der Waals surface area contributed by atoms with Gasteiger partial charge in [-0.2, -0.15) is 0 Å². The molecule has 17 heavy (non-hydrogen) atoms. The number of aliphatic hydroxyl groups is 1. The number of carbonyl (C=O) groups excluding carboxylic acids is 1. The first-order valence-corrected chi connectivity index (χ1v) is 5.77.